The molecule has 3 aromatic rings. The summed E-state index contributed by atoms with van der Waals surface area (Å²) in [5.41, 5.74) is 1.20. The van der Waals surface area contributed by atoms with E-state index in [1.165, 1.54) is 18.9 Å². The summed E-state index contributed by atoms with van der Waals surface area (Å²) in [5.74, 6) is 0.231. The van der Waals surface area contributed by atoms with Crippen molar-refractivity contribution in [3.8, 4) is 11.5 Å². The predicted octanol–water partition coefficient (Wildman–Crippen LogP) is 5.35. The number of carbonyl (C=O) groups excluding carboxylic acids is 2. The fraction of sp³-hybridized carbons (Fsp3) is 0.0833. The summed E-state index contributed by atoms with van der Waals surface area (Å²) >= 11 is 7.19. The van der Waals surface area contributed by atoms with Gasteiger partial charge in [0.15, 0.2) is 0 Å². The first-order valence-electron chi connectivity index (χ1n) is 9.62. The molecule has 0 unspecified atom stereocenters. The molecule has 0 atom stereocenters. The lowest BCUT2D eigenvalue weighted by atomic mass is 10.2. The Kier molecular flexibility index (Phi) is 6.39. The number of nitrogens with one attached hydrogen (secondary N) is 1. The standard InChI is InChI=1S/C24H19ClN2O4S/c1-30-17-10-13-19(20(14-17)31-2)26-21-22(32-18-11-8-15(25)9-12-18)24(29)27(23(21)28)16-6-4-3-5-7-16/h3-14,26H,1-2H3. The number of para-hydroxylation sites is 1. The van der Waals surface area contributed by atoms with Crippen molar-refractivity contribution in [3.63, 3.8) is 0 Å². The maximum absolute atomic E-state index is 13.4. The summed E-state index contributed by atoms with van der Waals surface area (Å²) in [7, 11) is 3.08. The van der Waals surface area contributed by atoms with Crippen LogP contribution in [0.3, 0.4) is 0 Å². The fourth-order valence-corrected chi connectivity index (χ4v) is 4.24. The number of benzene rings is 3. The molecule has 3 aromatic carbocycles. The van der Waals surface area contributed by atoms with Gasteiger partial charge in [0, 0.05) is 16.0 Å². The summed E-state index contributed by atoms with van der Waals surface area (Å²) in [4.78, 5) is 29.0. The zero-order valence-corrected chi connectivity index (χ0v) is 18.9. The molecule has 1 N–H and O–H groups in total. The average Bonchev–Trinajstić information content (AvgIpc) is 3.05. The van der Waals surface area contributed by atoms with Crippen LogP contribution in [0.4, 0.5) is 11.4 Å². The van der Waals surface area contributed by atoms with Crippen LogP contribution < -0.4 is 19.7 Å². The van der Waals surface area contributed by atoms with E-state index in [0.717, 1.165) is 9.80 Å². The van der Waals surface area contributed by atoms with E-state index in [2.05, 4.69) is 5.32 Å². The van der Waals surface area contributed by atoms with Gasteiger partial charge in [-0.1, -0.05) is 41.6 Å². The molecule has 1 aliphatic rings. The minimum absolute atomic E-state index is 0.169. The van der Waals surface area contributed by atoms with Gasteiger partial charge in [-0.05, 0) is 48.5 Å². The lowest BCUT2D eigenvalue weighted by Crippen LogP contribution is -2.32. The highest BCUT2D eigenvalue weighted by molar-refractivity contribution is 8.04. The molecule has 162 valence electrons. The SMILES string of the molecule is COc1ccc(NC2=C(Sc3ccc(Cl)cc3)C(=O)N(c3ccccc3)C2=O)c(OC)c1. The molecule has 0 aromatic heterocycles. The van der Waals surface area contributed by atoms with Crippen molar-refractivity contribution in [3.05, 3.63) is 88.4 Å². The Morgan fingerprint density at radius 2 is 1.59 bits per heavy atom. The number of carbonyl (C=O) groups is 2. The molecule has 4 rings (SSSR count). The van der Waals surface area contributed by atoms with Gasteiger partial charge >= 0.3 is 0 Å². The molecular formula is C24H19ClN2O4S. The number of rotatable bonds is 7. The topological polar surface area (TPSA) is 67.9 Å². The van der Waals surface area contributed by atoms with E-state index in [9.17, 15) is 9.59 Å². The zero-order chi connectivity index (χ0) is 22.7. The number of methoxy groups -OCH3 is 2. The minimum Gasteiger partial charge on any atom is -0.497 e. The molecule has 2 amide bonds. The van der Waals surface area contributed by atoms with Gasteiger partial charge < -0.3 is 14.8 Å². The molecule has 6 nitrogen and oxygen atoms in total. The Balaban J connectivity index is 1.76. The molecule has 0 aliphatic carbocycles. The Bertz CT molecular complexity index is 1200. The van der Waals surface area contributed by atoms with Crippen LogP contribution in [0.1, 0.15) is 0 Å². The molecule has 0 saturated carbocycles. The fourth-order valence-electron chi connectivity index (χ4n) is 3.18. The Hall–Kier alpha value is -3.42. The van der Waals surface area contributed by atoms with E-state index in [1.807, 2.05) is 6.07 Å². The summed E-state index contributed by atoms with van der Waals surface area (Å²) in [5, 5.41) is 3.70. The highest BCUT2D eigenvalue weighted by atomic mass is 35.5. The molecular weight excluding hydrogens is 448 g/mol. The molecule has 0 spiro atoms. The molecule has 0 fully saturated rings. The zero-order valence-electron chi connectivity index (χ0n) is 17.3. The van der Waals surface area contributed by atoms with Gasteiger partial charge in [0.25, 0.3) is 11.8 Å². The van der Waals surface area contributed by atoms with Gasteiger partial charge in [-0.2, -0.15) is 0 Å². The number of ether oxygens (including phenoxy) is 2. The molecule has 32 heavy (non-hydrogen) atoms. The quantitative estimate of drug-likeness (QED) is 0.474. The van der Waals surface area contributed by atoms with Crippen LogP contribution >= 0.6 is 23.4 Å². The maximum atomic E-state index is 13.4. The summed E-state index contributed by atoms with van der Waals surface area (Å²) in [6.45, 7) is 0. The Labute approximate surface area is 194 Å². The normalized spacial score (nSPS) is 13.5. The van der Waals surface area contributed by atoms with Crippen LogP contribution in [0.5, 0.6) is 11.5 Å². The minimum atomic E-state index is -0.449. The monoisotopic (exact) mass is 466 g/mol. The first kappa shape index (κ1) is 21.8. The summed E-state index contributed by atoms with van der Waals surface area (Å²) < 4.78 is 10.7. The highest BCUT2D eigenvalue weighted by Crippen LogP contribution is 2.39. The van der Waals surface area contributed by atoms with Gasteiger partial charge in [-0.15, -0.1) is 0 Å². The van der Waals surface area contributed by atoms with Crippen LogP contribution in [0.2, 0.25) is 5.02 Å². The van der Waals surface area contributed by atoms with E-state index in [-0.39, 0.29) is 10.6 Å². The van der Waals surface area contributed by atoms with Crippen molar-refractivity contribution < 1.29 is 19.1 Å². The molecule has 1 heterocycles. The number of anilines is 2. The molecule has 0 radical (unpaired) electrons. The van der Waals surface area contributed by atoms with Crippen LogP contribution in [-0.2, 0) is 9.59 Å². The molecule has 0 bridgehead atoms. The van der Waals surface area contributed by atoms with Crippen molar-refractivity contribution in [2.24, 2.45) is 0 Å². The van der Waals surface area contributed by atoms with Crippen LogP contribution in [0, 0.1) is 0 Å². The van der Waals surface area contributed by atoms with Crippen molar-refractivity contribution in [1.82, 2.24) is 0 Å². The largest absolute Gasteiger partial charge is 0.497 e. The maximum Gasteiger partial charge on any atom is 0.283 e. The second-order valence-electron chi connectivity index (χ2n) is 6.73. The number of amides is 2. The first-order valence-corrected chi connectivity index (χ1v) is 10.8. The smallest absolute Gasteiger partial charge is 0.283 e. The molecule has 8 heteroatoms. The van der Waals surface area contributed by atoms with Crippen molar-refractivity contribution in [2.75, 3.05) is 24.4 Å². The number of imide groups is 1. The predicted molar refractivity (Wildman–Crippen MR) is 126 cm³/mol. The average molecular weight is 467 g/mol. The van der Waals surface area contributed by atoms with E-state index in [1.54, 1.807) is 73.8 Å². The second kappa shape index (κ2) is 9.38. The summed E-state index contributed by atoms with van der Waals surface area (Å²) in [6, 6.07) is 21.1. The van der Waals surface area contributed by atoms with Crippen LogP contribution in [-0.4, -0.2) is 26.0 Å². The van der Waals surface area contributed by atoms with Gasteiger partial charge in [0.2, 0.25) is 0 Å². The lowest BCUT2D eigenvalue weighted by molar-refractivity contribution is -0.120. The third kappa shape index (κ3) is 4.30. The van der Waals surface area contributed by atoms with Crippen molar-refractivity contribution in [1.29, 1.82) is 0 Å². The summed E-state index contributed by atoms with van der Waals surface area (Å²) in [6.07, 6.45) is 0. The number of hydrogen-bond acceptors (Lipinski definition) is 6. The van der Waals surface area contributed by atoms with E-state index < -0.39 is 11.8 Å². The van der Waals surface area contributed by atoms with Gasteiger partial charge in [-0.3, -0.25) is 9.59 Å². The van der Waals surface area contributed by atoms with E-state index >= 15 is 0 Å². The Morgan fingerprint density at radius 3 is 2.25 bits per heavy atom. The number of hydrogen-bond donors (Lipinski definition) is 1. The number of nitrogens with zero attached hydrogens (tertiary/aromatic N) is 1. The van der Waals surface area contributed by atoms with Gasteiger partial charge in [0.05, 0.1) is 25.6 Å². The number of thioether (sulfide) groups is 1. The molecule has 1 aliphatic heterocycles. The lowest BCUT2D eigenvalue weighted by Gasteiger charge is -2.16. The van der Waals surface area contributed by atoms with Crippen molar-refractivity contribution in [2.45, 2.75) is 4.90 Å². The molecule has 0 saturated heterocycles. The first-order chi connectivity index (χ1) is 15.5. The highest BCUT2D eigenvalue weighted by Gasteiger charge is 2.40. The van der Waals surface area contributed by atoms with Gasteiger partial charge in [-0.25, -0.2) is 4.90 Å². The van der Waals surface area contributed by atoms with Crippen molar-refractivity contribution >= 4 is 46.6 Å². The van der Waals surface area contributed by atoms with E-state index in [0.29, 0.717) is 27.9 Å². The number of halogens is 1. The third-order valence-electron chi connectivity index (χ3n) is 4.76. The Morgan fingerprint density at radius 1 is 0.875 bits per heavy atom. The van der Waals surface area contributed by atoms with Crippen LogP contribution in [0.25, 0.3) is 0 Å². The third-order valence-corrected chi connectivity index (χ3v) is 6.10. The van der Waals surface area contributed by atoms with E-state index in [4.69, 9.17) is 21.1 Å². The second-order valence-corrected chi connectivity index (χ2v) is 8.25. The van der Waals surface area contributed by atoms with Gasteiger partial charge in [0.1, 0.15) is 22.1 Å². The van der Waals surface area contributed by atoms with Crippen LogP contribution in [0.15, 0.2) is 88.3 Å².